The summed E-state index contributed by atoms with van der Waals surface area (Å²) in [5.74, 6) is 9.90. The first kappa shape index (κ1) is 78.1. The van der Waals surface area contributed by atoms with Crippen LogP contribution < -0.4 is 43.1 Å². The van der Waals surface area contributed by atoms with Gasteiger partial charge in [0.2, 0.25) is 0 Å². The SMILES string of the molecule is c1ccc(-c2cccc(N(c3cc4c5c(c3)c3cccc6c3n5-c3c(cccc3O4)O6)c3cccc4sc5ccccc5c34)c2)cc1.c1ccc(-c2cccc(N(c3ccc4c(c3)sc3ccccc34)c3cc4c5c(c3)c3cccc6c3n5-c3c(cccc3O4)O6)c2)cc1.c1ccc(-c2cccc(N(c3ccc4sc5ccccc5c4c3)c3cc4c5c(c3)c3cccc6c3n5-c3c(cccc3O4)O6)c2)cc1. The highest BCUT2D eigenvalue weighted by Gasteiger charge is 2.38. The van der Waals surface area contributed by atoms with Gasteiger partial charge in [-0.2, -0.15) is 0 Å². The van der Waals surface area contributed by atoms with Crippen LogP contribution in [0.25, 0.3) is 176 Å². The van der Waals surface area contributed by atoms with Gasteiger partial charge < -0.3 is 43.1 Å². The van der Waals surface area contributed by atoms with E-state index in [1.807, 2.05) is 88.6 Å². The summed E-state index contributed by atoms with van der Waals surface area (Å²) in [5.41, 5.74) is 26.0. The number of hydrogen-bond donors (Lipinski definition) is 0. The first-order valence-electron chi connectivity index (χ1n) is 47.3. The van der Waals surface area contributed by atoms with Gasteiger partial charge in [0, 0.05) is 139 Å². The van der Waals surface area contributed by atoms with E-state index in [1.165, 1.54) is 93.9 Å². The third-order valence-electron chi connectivity index (χ3n) is 28.5. The molecule has 0 N–H and O–H groups in total. The number of benzene rings is 21. The van der Waals surface area contributed by atoms with Crippen LogP contribution in [0.1, 0.15) is 0 Å². The highest BCUT2D eigenvalue weighted by molar-refractivity contribution is 7.26. The summed E-state index contributed by atoms with van der Waals surface area (Å²) >= 11 is 5.52. The Morgan fingerprint density at radius 1 is 0.156 bits per heavy atom. The number of nitrogens with zero attached hydrogens (tertiary/aromatic N) is 6. The van der Waals surface area contributed by atoms with Gasteiger partial charge >= 0.3 is 0 Å². The van der Waals surface area contributed by atoms with Gasteiger partial charge in [0.15, 0.2) is 69.0 Å². The highest BCUT2D eigenvalue weighted by atomic mass is 32.1. The van der Waals surface area contributed by atoms with Crippen LogP contribution in [0.15, 0.2) is 437 Å². The van der Waals surface area contributed by atoms with E-state index >= 15 is 0 Å². The number of rotatable bonds is 12. The van der Waals surface area contributed by atoms with E-state index in [1.54, 1.807) is 0 Å². The molecule has 6 aliphatic heterocycles. The normalized spacial score (nSPS) is 12.6. The van der Waals surface area contributed by atoms with Gasteiger partial charge in [-0.1, -0.05) is 249 Å². The van der Waals surface area contributed by atoms with Crippen molar-refractivity contribution in [1.82, 2.24) is 13.7 Å². The molecule has 0 aliphatic carbocycles. The zero-order chi connectivity index (χ0) is 91.9. The van der Waals surface area contributed by atoms with Gasteiger partial charge in [0.1, 0.15) is 17.1 Å². The average molecular weight is 1860 g/mol. The number of anilines is 9. The number of ether oxygens (including phenoxy) is 6. The standard InChI is InChI=1S/3C42H24N2O2S/c1-2-10-25(11-3-1)26-12-6-13-27(22-26)43(32-16-8-21-38-39(32)30-14-4-5-20-37(30)47-38)28-23-31-29-15-7-17-33-40(29)44-41(31)36(24-28)46-35-19-9-18-34(45-33)42(35)44;1-2-9-25(10-3-1)26-11-6-12-27(21-26)43(28-19-20-31-30-13-4-5-18-38(30)47-39(31)24-28)29-22-33-32-14-7-15-34-40(32)44-41(33)37(23-29)46-36-17-8-16-35(45-34)42(36)44;1-2-9-25(10-3-1)26-11-6-12-27(21-26)43(28-19-20-39-32(22-28)30-13-4-5-18-38(30)47-39)29-23-33-31-14-7-15-34-40(31)44-41(33)37(24-29)46-36-17-8-16-35(45-34)42(36)44/h3*1-24H. The zero-order valence-corrected chi connectivity index (χ0v) is 77.4. The topological polar surface area (TPSA) is 79.9 Å². The van der Waals surface area contributed by atoms with Crippen molar-refractivity contribution in [3.8, 4) is 119 Å². The minimum absolute atomic E-state index is 0.795. The molecule has 21 aromatic carbocycles. The van der Waals surface area contributed by atoms with Crippen LogP contribution in [0.5, 0.6) is 69.0 Å². The molecule has 6 aromatic heterocycles. The van der Waals surface area contributed by atoms with E-state index < -0.39 is 0 Å². The number of aromatic nitrogens is 3. The summed E-state index contributed by atoms with van der Waals surface area (Å²) in [7, 11) is 0. The summed E-state index contributed by atoms with van der Waals surface area (Å²) in [6.07, 6.45) is 0. The molecule has 12 nitrogen and oxygen atoms in total. The van der Waals surface area contributed by atoms with Crippen LogP contribution >= 0.6 is 34.0 Å². The fourth-order valence-electron chi connectivity index (χ4n) is 22.6. The molecule has 0 atom stereocenters. The largest absolute Gasteiger partial charge is 0.453 e. The Hall–Kier alpha value is -18.1. The summed E-state index contributed by atoms with van der Waals surface area (Å²) in [6, 6.07) is 155. The van der Waals surface area contributed by atoms with Crippen LogP contribution in [-0.4, -0.2) is 13.7 Å². The van der Waals surface area contributed by atoms with Crippen molar-refractivity contribution >= 4 is 211 Å². The van der Waals surface area contributed by atoms with Crippen molar-refractivity contribution in [2.45, 2.75) is 0 Å². The Morgan fingerprint density at radius 2 is 0.440 bits per heavy atom. The van der Waals surface area contributed by atoms with E-state index in [2.05, 4.69) is 411 Å². The minimum Gasteiger partial charge on any atom is -0.453 e. The fourth-order valence-corrected chi connectivity index (χ4v) is 25.9. The fraction of sp³-hybridized carbons (Fsp3) is 0. The van der Waals surface area contributed by atoms with Crippen molar-refractivity contribution in [3.05, 3.63) is 437 Å². The van der Waals surface area contributed by atoms with Gasteiger partial charge in [0.25, 0.3) is 0 Å². The number of thiophene rings is 3. The maximum absolute atomic E-state index is 6.76. The second-order valence-corrected chi connectivity index (χ2v) is 39.7. The Kier molecular flexibility index (Phi) is 16.7. The van der Waals surface area contributed by atoms with Crippen LogP contribution in [0.3, 0.4) is 0 Å². The molecule has 0 saturated heterocycles. The summed E-state index contributed by atoms with van der Waals surface area (Å²) in [4.78, 5) is 7.14. The molecule has 0 unspecified atom stereocenters. The van der Waals surface area contributed by atoms with Crippen molar-refractivity contribution in [2.24, 2.45) is 0 Å². The van der Waals surface area contributed by atoms with Crippen molar-refractivity contribution in [1.29, 1.82) is 0 Å². The summed E-state index contributed by atoms with van der Waals surface area (Å²) in [5, 5.41) is 14.4. The quantitative estimate of drug-likeness (QED) is 0.119. The molecule has 12 heterocycles. The average Bonchev–Trinajstić information content (AvgIpc) is 1.54. The predicted molar refractivity (Wildman–Crippen MR) is 582 cm³/mol. The Labute approximate surface area is 818 Å². The van der Waals surface area contributed by atoms with Crippen LogP contribution in [0.4, 0.5) is 51.2 Å². The molecule has 33 rings (SSSR count). The maximum atomic E-state index is 6.76. The highest BCUT2D eigenvalue weighted by Crippen LogP contribution is 2.62. The van der Waals surface area contributed by atoms with Crippen LogP contribution in [0, 0.1) is 0 Å². The molecule has 0 spiro atoms. The predicted octanol–water partition coefficient (Wildman–Crippen LogP) is 37.5. The zero-order valence-electron chi connectivity index (χ0n) is 74.9. The smallest absolute Gasteiger partial charge is 0.155 e. The van der Waals surface area contributed by atoms with E-state index in [9.17, 15) is 0 Å². The molecule has 0 fully saturated rings. The molecule has 0 bridgehead atoms. The molecule has 27 aromatic rings. The number of para-hydroxylation sites is 6. The number of fused-ring (bicyclic) bond motifs is 12. The molecule has 660 valence electrons. The van der Waals surface area contributed by atoms with Crippen molar-refractivity contribution in [3.63, 3.8) is 0 Å². The molecule has 6 aliphatic rings. The molecule has 15 heteroatoms. The molecule has 0 amide bonds. The van der Waals surface area contributed by atoms with Gasteiger partial charge in [-0.15, -0.1) is 34.0 Å². The lowest BCUT2D eigenvalue weighted by Gasteiger charge is -2.29. The van der Waals surface area contributed by atoms with E-state index in [0.717, 1.165) is 203 Å². The molecule has 141 heavy (non-hydrogen) atoms. The van der Waals surface area contributed by atoms with Gasteiger partial charge in [-0.05, 0) is 203 Å². The van der Waals surface area contributed by atoms with Crippen molar-refractivity contribution in [2.75, 3.05) is 14.7 Å². The van der Waals surface area contributed by atoms with Crippen LogP contribution in [0.2, 0.25) is 0 Å². The summed E-state index contributed by atoms with van der Waals surface area (Å²) in [6.45, 7) is 0. The maximum Gasteiger partial charge on any atom is 0.155 e. The second kappa shape index (κ2) is 30.2. The second-order valence-electron chi connectivity index (χ2n) is 36.5. The molecule has 0 saturated carbocycles. The minimum atomic E-state index is 0.795. The lowest BCUT2D eigenvalue weighted by atomic mass is 10.0. The van der Waals surface area contributed by atoms with Gasteiger partial charge in [-0.25, -0.2) is 0 Å². The monoisotopic (exact) mass is 1860 g/mol. The van der Waals surface area contributed by atoms with Crippen molar-refractivity contribution < 1.29 is 28.4 Å². The Balaban J connectivity index is 0.0000000972. The Morgan fingerprint density at radius 3 is 0.894 bits per heavy atom. The van der Waals surface area contributed by atoms with Gasteiger partial charge in [0.05, 0.1) is 55.8 Å². The molecular weight excluding hydrogens is 1790 g/mol. The lowest BCUT2D eigenvalue weighted by Crippen LogP contribution is -2.12. The van der Waals surface area contributed by atoms with E-state index in [4.69, 9.17) is 28.4 Å². The van der Waals surface area contributed by atoms with Gasteiger partial charge in [-0.3, -0.25) is 13.7 Å². The third-order valence-corrected chi connectivity index (χ3v) is 32.0. The third kappa shape index (κ3) is 11.8. The van der Waals surface area contributed by atoms with Crippen LogP contribution in [-0.2, 0) is 0 Å². The molecular formula is C126H72N6O6S3. The summed E-state index contributed by atoms with van der Waals surface area (Å²) < 4.78 is 54.2. The molecule has 0 radical (unpaired) electrons. The number of hydrogen-bond acceptors (Lipinski definition) is 12. The first-order chi connectivity index (χ1) is 69.9. The lowest BCUT2D eigenvalue weighted by molar-refractivity contribution is 0.443. The van der Waals surface area contributed by atoms with E-state index in [0.29, 0.717) is 0 Å². The first-order valence-corrected chi connectivity index (χ1v) is 49.7. The van der Waals surface area contributed by atoms with E-state index in [-0.39, 0.29) is 0 Å². The Bertz CT molecular complexity index is 10100.